The molecular formula is C17H19NO3. The Kier molecular flexibility index (Phi) is 3.78. The van der Waals surface area contributed by atoms with Gasteiger partial charge in [0.25, 0.3) is 0 Å². The molecule has 0 spiro atoms. The average Bonchev–Trinajstić information content (AvgIpc) is 2.46. The summed E-state index contributed by atoms with van der Waals surface area (Å²) in [5.41, 5.74) is 3.04. The van der Waals surface area contributed by atoms with Crippen LogP contribution in [0.15, 0.2) is 18.2 Å². The zero-order valence-corrected chi connectivity index (χ0v) is 12.2. The Labute approximate surface area is 123 Å². The van der Waals surface area contributed by atoms with Gasteiger partial charge in [-0.1, -0.05) is 12.8 Å². The number of benzene rings is 1. The molecule has 2 aromatic rings. The molecule has 0 bridgehead atoms. The van der Waals surface area contributed by atoms with Crippen LogP contribution in [0.4, 0.5) is 0 Å². The highest BCUT2D eigenvalue weighted by molar-refractivity contribution is 6.04. The number of carboxylic acids is 1. The molecule has 0 saturated carbocycles. The van der Waals surface area contributed by atoms with E-state index in [2.05, 4.69) is 0 Å². The number of carboxylic acid groups (broad SMARTS) is 1. The predicted octanol–water partition coefficient (Wildman–Crippen LogP) is 3.60. The van der Waals surface area contributed by atoms with E-state index in [4.69, 9.17) is 9.72 Å². The summed E-state index contributed by atoms with van der Waals surface area (Å²) in [6.45, 7) is 0. The first-order chi connectivity index (χ1) is 10.2. The van der Waals surface area contributed by atoms with Crippen LogP contribution < -0.4 is 4.74 Å². The number of methoxy groups -OCH3 is 1. The Bertz CT molecular complexity index is 694. The van der Waals surface area contributed by atoms with Gasteiger partial charge in [-0.25, -0.2) is 4.79 Å². The van der Waals surface area contributed by atoms with Crippen molar-refractivity contribution >= 4 is 16.9 Å². The third kappa shape index (κ3) is 2.58. The number of ether oxygens (including phenoxy) is 1. The molecule has 110 valence electrons. The lowest BCUT2D eigenvalue weighted by Gasteiger charge is -2.17. The number of carbonyl (C=O) groups is 1. The molecule has 4 heteroatoms. The fraction of sp³-hybridized carbons (Fsp3) is 0.412. The van der Waals surface area contributed by atoms with Crippen LogP contribution in [-0.2, 0) is 12.8 Å². The number of aromatic carboxylic acids is 1. The van der Waals surface area contributed by atoms with Crippen molar-refractivity contribution in [3.8, 4) is 5.75 Å². The van der Waals surface area contributed by atoms with E-state index in [0.29, 0.717) is 16.7 Å². The van der Waals surface area contributed by atoms with Crippen LogP contribution in [0.1, 0.15) is 47.3 Å². The molecular weight excluding hydrogens is 266 g/mol. The molecule has 1 heterocycles. The Morgan fingerprint density at radius 2 is 1.95 bits per heavy atom. The molecule has 1 aromatic heterocycles. The van der Waals surface area contributed by atoms with Crippen molar-refractivity contribution in [2.45, 2.75) is 38.5 Å². The van der Waals surface area contributed by atoms with Crippen molar-refractivity contribution in [2.75, 3.05) is 7.11 Å². The van der Waals surface area contributed by atoms with Gasteiger partial charge in [-0.2, -0.15) is 0 Å². The Morgan fingerprint density at radius 1 is 1.19 bits per heavy atom. The van der Waals surface area contributed by atoms with E-state index in [1.165, 1.54) is 6.42 Å². The average molecular weight is 285 g/mol. The van der Waals surface area contributed by atoms with Gasteiger partial charge in [-0.05, 0) is 49.4 Å². The molecule has 1 aliphatic carbocycles. The van der Waals surface area contributed by atoms with Crippen LogP contribution in [0.5, 0.6) is 5.75 Å². The lowest BCUT2D eigenvalue weighted by Crippen LogP contribution is -2.11. The molecule has 4 nitrogen and oxygen atoms in total. The number of aromatic nitrogens is 1. The second-order valence-electron chi connectivity index (χ2n) is 5.51. The SMILES string of the molecule is COc1ccc2nc3c(c(C(=O)O)c2c1)CCCCCC3. The Balaban J connectivity index is 2.29. The highest BCUT2D eigenvalue weighted by Gasteiger charge is 2.21. The molecule has 1 aliphatic rings. The van der Waals surface area contributed by atoms with Gasteiger partial charge in [-0.3, -0.25) is 4.98 Å². The van der Waals surface area contributed by atoms with Crippen LogP contribution in [0.3, 0.4) is 0 Å². The second kappa shape index (κ2) is 5.72. The lowest BCUT2D eigenvalue weighted by molar-refractivity contribution is 0.0697. The third-order valence-electron chi connectivity index (χ3n) is 4.18. The predicted molar refractivity (Wildman–Crippen MR) is 81.1 cm³/mol. The zero-order chi connectivity index (χ0) is 14.8. The second-order valence-corrected chi connectivity index (χ2v) is 5.51. The van der Waals surface area contributed by atoms with E-state index in [-0.39, 0.29) is 0 Å². The van der Waals surface area contributed by atoms with Gasteiger partial charge in [-0.15, -0.1) is 0 Å². The summed E-state index contributed by atoms with van der Waals surface area (Å²) < 4.78 is 5.23. The van der Waals surface area contributed by atoms with Gasteiger partial charge >= 0.3 is 5.97 Å². The van der Waals surface area contributed by atoms with Gasteiger partial charge in [0.1, 0.15) is 5.75 Å². The standard InChI is InChI=1S/C17H19NO3/c1-21-11-8-9-15-13(10-11)16(17(19)20)12-6-4-2-3-5-7-14(12)18-15/h8-10H,2-7H2,1H3,(H,19,20). The van der Waals surface area contributed by atoms with Gasteiger partial charge in [0.05, 0.1) is 18.2 Å². The lowest BCUT2D eigenvalue weighted by atomic mass is 9.91. The van der Waals surface area contributed by atoms with Crippen LogP contribution >= 0.6 is 0 Å². The van der Waals surface area contributed by atoms with Crippen molar-refractivity contribution in [2.24, 2.45) is 0 Å². The molecule has 0 aliphatic heterocycles. The van der Waals surface area contributed by atoms with E-state index < -0.39 is 5.97 Å². The minimum absolute atomic E-state index is 0.413. The van der Waals surface area contributed by atoms with E-state index in [1.807, 2.05) is 12.1 Å². The molecule has 3 rings (SSSR count). The molecule has 1 N–H and O–H groups in total. The summed E-state index contributed by atoms with van der Waals surface area (Å²) in [4.78, 5) is 16.5. The summed E-state index contributed by atoms with van der Waals surface area (Å²) in [6.07, 6.45) is 6.15. The first kappa shape index (κ1) is 13.9. The van der Waals surface area contributed by atoms with Crippen molar-refractivity contribution in [1.82, 2.24) is 4.98 Å². The quantitative estimate of drug-likeness (QED) is 0.915. The molecule has 0 atom stereocenters. The molecule has 0 saturated heterocycles. The number of nitrogens with zero attached hydrogens (tertiary/aromatic N) is 1. The fourth-order valence-electron chi connectivity index (χ4n) is 3.13. The number of hydrogen-bond acceptors (Lipinski definition) is 3. The number of aryl methyl sites for hydroxylation is 1. The number of fused-ring (bicyclic) bond motifs is 2. The highest BCUT2D eigenvalue weighted by Crippen LogP contribution is 2.30. The third-order valence-corrected chi connectivity index (χ3v) is 4.18. The smallest absolute Gasteiger partial charge is 0.336 e. The summed E-state index contributed by atoms with van der Waals surface area (Å²) >= 11 is 0. The van der Waals surface area contributed by atoms with Gasteiger partial charge in [0.2, 0.25) is 0 Å². The van der Waals surface area contributed by atoms with Gasteiger partial charge < -0.3 is 9.84 Å². The fourth-order valence-corrected chi connectivity index (χ4v) is 3.13. The summed E-state index contributed by atoms with van der Waals surface area (Å²) in [6, 6.07) is 5.46. The monoisotopic (exact) mass is 285 g/mol. The van der Waals surface area contributed by atoms with Crippen molar-refractivity contribution < 1.29 is 14.6 Å². The first-order valence-electron chi connectivity index (χ1n) is 7.43. The molecule has 1 aromatic carbocycles. The van der Waals surface area contributed by atoms with Crippen LogP contribution in [0, 0.1) is 0 Å². The molecule has 0 radical (unpaired) electrons. The first-order valence-corrected chi connectivity index (χ1v) is 7.43. The van der Waals surface area contributed by atoms with E-state index >= 15 is 0 Å². The van der Waals surface area contributed by atoms with E-state index in [0.717, 1.165) is 48.9 Å². The summed E-state index contributed by atoms with van der Waals surface area (Å²) in [7, 11) is 1.59. The minimum Gasteiger partial charge on any atom is -0.497 e. The maximum Gasteiger partial charge on any atom is 0.336 e. The Morgan fingerprint density at radius 3 is 2.67 bits per heavy atom. The maximum atomic E-state index is 11.8. The van der Waals surface area contributed by atoms with Gasteiger partial charge in [0.15, 0.2) is 0 Å². The van der Waals surface area contributed by atoms with Crippen molar-refractivity contribution in [3.63, 3.8) is 0 Å². The summed E-state index contributed by atoms with van der Waals surface area (Å²) in [5, 5.41) is 10.4. The van der Waals surface area contributed by atoms with Crippen LogP contribution in [0.2, 0.25) is 0 Å². The molecule has 0 unspecified atom stereocenters. The van der Waals surface area contributed by atoms with Crippen LogP contribution in [0.25, 0.3) is 10.9 Å². The number of hydrogen-bond donors (Lipinski definition) is 1. The largest absolute Gasteiger partial charge is 0.497 e. The number of pyridine rings is 1. The summed E-state index contributed by atoms with van der Waals surface area (Å²) in [5.74, 6) is -0.204. The molecule has 21 heavy (non-hydrogen) atoms. The van der Waals surface area contributed by atoms with Crippen molar-refractivity contribution in [3.05, 3.63) is 35.0 Å². The minimum atomic E-state index is -0.868. The van der Waals surface area contributed by atoms with Gasteiger partial charge in [0, 0.05) is 11.1 Å². The molecule has 0 amide bonds. The van der Waals surface area contributed by atoms with Crippen molar-refractivity contribution in [1.29, 1.82) is 0 Å². The normalized spacial score (nSPS) is 15.1. The topological polar surface area (TPSA) is 59.4 Å². The zero-order valence-electron chi connectivity index (χ0n) is 12.2. The van der Waals surface area contributed by atoms with E-state index in [9.17, 15) is 9.90 Å². The van der Waals surface area contributed by atoms with Crippen LogP contribution in [-0.4, -0.2) is 23.2 Å². The Hall–Kier alpha value is -2.10. The highest BCUT2D eigenvalue weighted by atomic mass is 16.5. The van der Waals surface area contributed by atoms with E-state index in [1.54, 1.807) is 13.2 Å². The maximum absolute atomic E-state index is 11.8. The number of rotatable bonds is 2. The molecule has 0 fully saturated rings.